The van der Waals surface area contributed by atoms with E-state index in [1.165, 1.54) is 0 Å². The van der Waals surface area contributed by atoms with Crippen LogP contribution in [0.4, 0.5) is 0 Å². The molecule has 0 rings (SSSR count). The summed E-state index contributed by atoms with van der Waals surface area (Å²) >= 11 is 3.95. The van der Waals surface area contributed by atoms with Crippen molar-refractivity contribution in [3.8, 4) is 0 Å². The average molecular weight is 160 g/mol. The average Bonchev–Trinajstić information content (AvgIpc) is 1.98. The molecule has 58 valence electrons. The Balaban J connectivity index is 3.51. The summed E-state index contributed by atoms with van der Waals surface area (Å²) in [5, 5.41) is 0. The molecule has 0 aliphatic rings. The van der Waals surface area contributed by atoms with Crippen molar-refractivity contribution in [3.05, 3.63) is 12.7 Å². The van der Waals surface area contributed by atoms with E-state index in [0.29, 0.717) is 5.75 Å². The predicted molar refractivity (Wildman–Crippen MR) is 44.2 cm³/mol. The van der Waals surface area contributed by atoms with Crippen molar-refractivity contribution < 1.29 is 9.53 Å². The molecule has 3 heteroatoms. The van der Waals surface area contributed by atoms with Gasteiger partial charge in [0.15, 0.2) is 0 Å². The van der Waals surface area contributed by atoms with Gasteiger partial charge in [0.2, 0.25) is 0 Å². The highest BCUT2D eigenvalue weighted by molar-refractivity contribution is 7.80. The summed E-state index contributed by atoms with van der Waals surface area (Å²) in [4.78, 5) is 10.8. The van der Waals surface area contributed by atoms with E-state index >= 15 is 0 Å². The first-order valence-electron chi connectivity index (χ1n) is 3.10. The maximum absolute atomic E-state index is 10.8. The Morgan fingerprint density at radius 2 is 2.50 bits per heavy atom. The van der Waals surface area contributed by atoms with Gasteiger partial charge in [-0.05, 0) is 0 Å². The lowest BCUT2D eigenvalue weighted by atomic mass is 10.2. The largest absolute Gasteiger partial charge is 0.461 e. The van der Waals surface area contributed by atoms with E-state index in [2.05, 4.69) is 19.2 Å². The Morgan fingerprint density at radius 3 is 2.90 bits per heavy atom. The van der Waals surface area contributed by atoms with Crippen LogP contribution in [0.3, 0.4) is 0 Å². The van der Waals surface area contributed by atoms with E-state index in [1.807, 2.05) is 0 Å². The van der Waals surface area contributed by atoms with Crippen molar-refractivity contribution in [3.63, 3.8) is 0 Å². The minimum Gasteiger partial charge on any atom is -0.461 e. The first-order chi connectivity index (χ1) is 4.72. The molecule has 0 aromatic carbocycles. The molecule has 2 nitrogen and oxygen atoms in total. The van der Waals surface area contributed by atoms with Crippen LogP contribution in [0.5, 0.6) is 0 Å². The lowest BCUT2D eigenvalue weighted by Crippen LogP contribution is -2.15. The molecule has 0 fully saturated rings. The molecule has 1 unspecified atom stereocenters. The molecule has 0 bridgehead atoms. The van der Waals surface area contributed by atoms with Crippen LogP contribution in [0.1, 0.15) is 6.92 Å². The molecular formula is C7H12O2S. The zero-order chi connectivity index (χ0) is 7.98. The van der Waals surface area contributed by atoms with Crippen molar-refractivity contribution >= 4 is 18.6 Å². The van der Waals surface area contributed by atoms with Crippen molar-refractivity contribution in [1.29, 1.82) is 0 Å². The number of hydrogen-bond acceptors (Lipinski definition) is 3. The third-order valence-corrected chi connectivity index (χ3v) is 1.57. The Bertz CT molecular complexity index is 123. The fraction of sp³-hybridized carbons (Fsp3) is 0.571. The van der Waals surface area contributed by atoms with E-state index in [-0.39, 0.29) is 18.5 Å². The summed E-state index contributed by atoms with van der Waals surface area (Å²) in [5.74, 6) is 0.189. The predicted octanol–water partition coefficient (Wildman–Crippen LogP) is 1.28. The van der Waals surface area contributed by atoms with Crippen LogP contribution in [-0.4, -0.2) is 18.3 Å². The van der Waals surface area contributed by atoms with Crippen molar-refractivity contribution in [1.82, 2.24) is 0 Å². The molecule has 0 heterocycles. The van der Waals surface area contributed by atoms with E-state index in [0.717, 1.165) is 0 Å². The highest BCUT2D eigenvalue weighted by Crippen LogP contribution is 1.99. The Hall–Kier alpha value is -0.440. The van der Waals surface area contributed by atoms with Gasteiger partial charge >= 0.3 is 5.97 Å². The summed E-state index contributed by atoms with van der Waals surface area (Å²) in [5.41, 5.74) is 0. The number of esters is 1. The molecule has 0 aromatic heterocycles. The van der Waals surface area contributed by atoms with Gasteiger partial charge in [0.05, 0.1) is 5.92 Å². The van der Waals surface area contributed by atoms with Gasteiger partial charge in [0.25, 0.3) is 0 Å². The normalized spacial score (nSPS) is 12.2. The lowest BCUT2D eigenvalue weighted by Gasteiger charge is -2.05. The Kier molecular flexibility index (Phi) is 5.12. The molecule has 0 spiro atoms. The topological polar surface area (TPSA) is 26.3 Å². The van der Waals surface area contributed by atoms with Gasteiger partial charge in [-0.15, -0.1) is 0 Å². The molecule has 0 aromatic rings. The third-order valence-electron chi connectivity index (χ3n) is 1.02. The van der Waals surface area contributed by atoms with Crippen LogP contribution in [0.25, 0.3) is 0 Å². The number of thiol groups is 1. The van der Waals surface area contributed by atoms with Gasteiger partial charge < -0.3 is 4.74 Å². The second kappa shape index (κ2) is 5.35. The molecule has 1 atom stereocenters. The van der Waals surface area contributed by atoms with Crippen LogP contribution < -0.4 is 0 Å². The Morgan fingerprint density at radius 1 is 1.90 bits per heavy atom. The van der Waals surface area contributed by atoms with Crippen LogP contribution in [0.15, 0.2) is 12.7 Å². The van der Waals surface area contributed by atoms with E-state index in [4.69, 9.17) is 4.74 Å². The molecular weight excluding hydrogens is 148 g/mol. The molecule has 0 amide bonds. The fourth-order valence-corrected chi connectivity index (χ4v) is 0.507. The summed E-state index contributed by atoms with van der Waals surface area (Å²) in [6.45, 7) is 5.49. The molecule has 0 radical (unpaired) electrons. The van der Waals surface area contributed by atoms with Crippen molar-refractivity contribution in [2.24, 2.45) is 5.92 Å². The fourth-order valence-electron chi connectivity index (χ4n) is 0.358. The van der Waals surface area contributed by atoms with Crippen molar-refractivity contribution in [2.45, 2.75) is 6.92 Å². The number of carbonyl (C=O) groups is 1. The minimum absolute atomic E-state index is 0.122. The van der Waals surface area contributed by atoms with Gasteiger partial charge in [-0.3, -0.25) is 4.79 Å². The zero-order valence-corrected chi connectivity index (χ0v) is 6.93. The van der Waals surface area contributed by atoms with Gasteiger partial charge in [-0.1, -0.05) is 19.6 Å². The lowest BCUT2D eigenvalue weighted by molar-refractivity contribution is -0.145. The second-order valence-corrected chi connectivity index (χ2v) is 2.37. The maximum atomic E-state index is 10.8. The van der Waals surface area contributed by atoms with Crippen LogP contribution in [0.2, 0.25) is 0 Å². The summed E-state index contributed by atoms with van der Waals surface area (Å²) in [7, 11) is 0. The second-order valence-electron chi connectivity index (χ2n) is 2.00. The number of ether oxygens (including phenoxy) is 1. The van der Waals surface area contributed by atoms with Crippen molar-refractivity contribution in [2.75, 3.05) is 12.4 Å². The minimum atomic E-state index is -0.213. The van der Waals surface area contributed by atoms with Gasteiger partial charge in [-0.25, -0.2) is 0 Å². The quantitative estimate of drug-likeness (QED) is 0.381. The first kappa shape index (κ1) is 9.56. The van der Waals surface area contributed by atoms with Gasteiger partial charge in [-0.2, -0.15) is 12.6 Å². The maximum Gasteiger partial charge on any atom is 0.309 e. The van der Waals surface area contributed by atoms with Gasteiger partial charge in [0.1, 0.15) is 6.61 Å². The van der Waals surface area contributed by atoms with E-state index < -0.39 is 0 Å². The molecule has 0 aliphatic carbocycles. The highest BCUT2D eigenvalue weighted by atomic mass is 32.1. The zero-order valence-electron chi connectivity index (χ0n) is 6.04. The van der Waals surface area contributed by atoms with Crippen LogP contribution >= 0.6 is 12.6 Å². The molecule has 0 aliphatic heterocycles. The summed E-state index contributed by atoms with van der Waals surface area (Å²) in [6.07, 6.45) is 1.54. The standard InChI is InChI=1S/C7H12O2S/c1-3-4-9-7(8)6(2)5-10/h3,6,10H,1,4-5H2,2H3. The van der Waals surface area contributed by atoms with Crippen LogP contribution in [0, 0.1) is 5.92 Å². The SMILES string of the molecule is C=CCOC(=O)C(C)CS. The molecule has 0 N–H and O–H groups in total. The van der Waals surface area contributed by atoms with E-state index in [9.17, 15) is 4.79 Å². The van der Waals surface area contributed by atoms with Crippen LogP contribution in [-0.2, 0) is 9.53 Å². The number of hydrogen-bond donors (Lipinski definition) is 1. The summed E-state index contributed by atoms with van der Waals surface area (Å²) in [6, 6.07) is 0. The molecule has 0 saturated heterocycles. The Labute approximate surface area is 66.7 Å². The summed E-state index contributed by atoms with van der Waals surface area (Å²) < 4.78 is 4.74. The van der Waals surface area contributed by atoms with Gasteiger partial charge in [0, 0.05) is 5.75 Å². The molecule has 10 heavy (non-hydrogen) atoms. The molecule has 0 saturated carbocycles. The highest BCUT2D eigenvalue weighted by Gasteiger charge is 2.10. The first-order valence-corrected chi connectivity index (χ1v) is 3.74. The third kappa shape index (κ3) is 3.56. The van der Waals surface area contributed by atoms with E-state index in [1.54, 1.807) is 13.0 Å². The monoisotopic (exact) mass is 160 g/mol. The number of carbonyl (C=O) groups excluding carboxylic acids is 1. The number of rotatable bonds is 4. The smallest absolute Gasteiger partial charge is 0.309 e.